The molecule has 0 spiro atoms. The lowest BCUT2D eigenvalue weighted by Gasteiger charge is -2.16. The summed E-state index contributed by atoms with van der Waals surface area (Å²) in [7, 11) is 0. The van der Waals surface area contributed by atoms with Gasteiger partial charge < -0.3 is 10.2 Å². The van der Waals surface area contributed by atoms with Crippen molar-refractivity contribution in [3.63, 3.8) is 0 Å². The molecule has 1 N–H and O–H groups in total. The fourth-order valence-corrected chi connectivity index (χ4v) is 3.43. The predicted molar refractivity (Wildman–Crippen MR) is 101 cm³/mol. The molecule has 3 rings (SSSR count). The lowest BCUT2D eigenvalue weighted by atomic mass is 10.1. The molecule has 7 heteroatoms. The van der Waals surface area contributed by atoms with E-state index in [0.29, 0.717) is 30.2 Å². The van der Waals surface area contributed by atoms with Gasteiger partial charge in [-0.05, 0) is 30.0 Å². The lowest BCUT2D eigenvalue weighted by molar-refractivity contribution is -0.384. The summed E-state index contributed by atoms with van der Waals surface area (Å²) in [5, 5.41) is 14.5. The van der Waals surface area contributed by atoms with Crippen molar-refractivity contribution in [1.82, 2.24) is 4.90 Å². The Morgan fingerprint density at radius 1 is 1.23 bits per heavy atom. The molecule has 26 heavy (non-hydrogen) atoms. The van der Waals surface area contributed by atoms with E-state index in [1.165, 1.54) is 12.1 Å². The van der Waals surface area contributed by atoms with Crippen molar-refractivity contribution in [1.29, 1.82) is 0 Å². The molecule has 1 heterocycles. The second-order valence-electron chi connectivity index (χ2n) is 6.47. The van der Waals surface area contributed by atoms with Crippen molar-refractivity contribution in [2.24, 2.45) is 0 Å². The maximum Gasteiger partial charge on any atom is 0.271 e. The predicted octanol–water partition coefficient (Wildman–Crippen LogP) is 4.29. The monoisotopic (exact) mass is 373 g/mol. The number of aryl methyl sites for hydroxylation is 1. The number of non-ortho nitro benzene ring substituents is 1. The third-order valence-corrected chi connectivity index (χ3v) is 4.82. The minimum Gasteiger partial charge on any atom is -0.380 e. The van der Waals surface area contributed by atoms with Crippen molar-refractivity contribution in [2.75, 3.05) is 11.9 Å². The van der Waals surface area contributed by atoms with Crippen molar-refractivity contribution in [3.05, 3.63) is 68.2 Å². The summed E-state index contributed by atoms with van der Waals surface area (Å²) in [6.07, 6.45) is 1.59. The topological polar surface area (TPSA) is 75.5 Å². The van der Waals surface area contributed by atoms with Gasteiger partial charge in [-0.2, -0.15) is 0 Å². The van der Waals surface area contributed by atoms with Gasteiger partial charge in [0.15, 0.2) is 0 Å². The number of amides is 1. The van der Waals surface area contributed by atoms with E-state index >= 15 is 0 Å². The third kappa shape index (κ3) is 4.14. The van der Waals surface area contributed by atoms with Crippen LogP contribution in [0.15, 0.2) is 36.4 Å². The van der Waals surface area contributed by atoms with Crippen LogP contribution in [0.1, 0.15) is 29.5 Å². The molecule has 136 valence electrons. The van der Waals surface area contributed by atoms with Gasteiger partial charge in [-0.25, -0.2) is 0 Å². The molecule has 0 aromatic heterocycles. The Morgan fingerprint density at radius 2 is 1.92 bits per heavy atom. The average Bonchev–Trinajstić information content (AvgIpc) is 3.00. The number of nitro groups is 1. The number of rotatable bonds is 6. The number of nitro benzene ring substituents is 1. The number of hydrogen-bond donors (Lipinski definition) is 1. The van der Waals surface area contributed by atoms with Gasteiger partial charge >= 0.3 is 0 Å². The van der Waals surface area contributed by atoms with E-state index in [4.69, 9.17) is 11.6 Å². The highest BCUT2D eigenvalue weighted by Gasteiger charge is 2.19. The fraction of sp³-hybridized carbons (Fsp3) is 0.316. The first-order chi connectivity index (χ1) is 12.4. The minimum atomic E-state index is -0.452. The van der Waals surface area contributed by atoms with Crippen LogP contribution in [0.5, 0.6) is 0 Å². The smallest absolute Gasteiger partial charge is 0.271 e. The molecule has 0 bridgehead atoms. The molecule has 1 fully saturated rings. The van der Waals surface area contributed by atoms with Crippen molar-refractivity contribution in [2.45, 2.75) is 32.9 Å². The van der Waals surface area contributed by atoms with Gasteiger partial charge in [0.2, 0.25) is 5.91 Å². The second-order valence-corrected chi connectivity index (χ2v) is 6.87. The molecule has 1 aliphatic heterocycles. The fourth-order valence-electron chi connectivity index (χ4n) is 3.10. The molecule has 0 aliphatic carbocycles. The van der Waals surface area contributed by atoms with Crippen LogP contribution >= 0.6 is 11.6 Å². The van der Waals surface area contributed by atoms with Crippen LogP contribution < -0.4 is 5.32 Å². The Kier molecular flexibility index (Phi) is 5.42. The van der Waals surface area contributed by atoms with E-state index in [2.05, 4.69) is 5.32 Å². The largest absolute Gasteiger partial charge is 0.380 e. The van der Waals surface area contributed by atoms with E-state index < -0.39 is 4.92 Å². The standard InChI is InChI=1S/C19H20ClN3O3/c1-13-9-16(23(25)26)10-17(20)19(13)21-11-14-4-6-15(7-5-14)12-22-8-2-3-18(22)24/h4-7,9-10,21H,2-3,8,11-12H2,1H3. The van der Waals surface area contributed by atoms with E-state index in [1.54, 1.807) is 6.92 Å². The number of anilines is 1. The van der Waals surface area contributed by atoms with Crippen LogP contribution in [0.25, 0.3) is 0 Å². The summed E-state index contributed by atoms with van der Waals surface area (Å²) >= 11 is 6.17. The van der Waals surface area contributed by atoms with Crippen LogP contribution in [0.2, 0.25) is 5.02 Å². The summed E-state index contributed by atoms with van der Waals surface area (Å²) in [5.41, 5.74) is 3.58. The summed E-state index contributed by atoms with van der Waals surface area (Å²) in [6.45, 7) is 3.83. The Labute approximate surface area is 156 Å². The molecule has 2 aromatic rings. The molecule has 0 atom stereocenters. The zero-order valence-corrected chi connectivity index (χ0v) is 15.3. The van der Waals surface area contributed by atoms with Gasteiger partial charge in [-0.1, -0.05) is 35.9 Å². The Morgan fingerprint density at radius 3 is 2.50 bits per heavy atom. The number of nitrogens with zero attached hydrogens (tertiary/aromatic N) is 2. The number of carbonyl (C=O) groups excluding carboxylic acids is 1. The Bertz CT molecular complexity index is 813. The molecule has 1 aliphatic rings. The van der Waals surface area contributed by atoms with Crippen LogP contribution in [-0.4, -0.2) is 22.3 Å². The molecule has 0 unspecified atom stereocenters. The molecular weight excluding hydrogens is 354 g/mol. The maximum atomic E-state index is 11.7. The molecule has 2 aromatic carbocycles. The van der Waals surface area contributed by atoms with E-state index in [1.807, 2.05) is 29.2 Å². The zero-order valence-electron chi connectivity index (χ0n) is 14.5. The van der Waals surface area contributed by atoms with Crippen LogP contribution in [0.4, 0.5) is 11.4 Å². The van der Waals surface area contributed by atoms with E-state index in [0.717, 1.165) is 29.7 Å². The van der Waals surface area contributed by atoms with Crippen molar-refractivity contribution >= 4 is 28.9 Å². The number of benzene rings is 2. The summed E-state index contributed by atoms with van der Waals surface area (Å²) < 4.78 is 0. The average molecular weight is 374 g/mol. The zero-order chi connectivity index (χ0) is 18.7. The number of hydrogen-bond acceptors (Lipinski definition) is 4. The van der Waals surface area contributed by atoms with Gasteiger partial charge in [0.25, 0.3) is 5.69 Å². The molecular formula is C19H20ClN3O3. The summed E-state index contributed by atoms with van der Waals surface area (Å²) in [5.74, 6) is 0.221. The molecule has 1 saturated heterocycles. The van der Waals surface area contributed by atoms with E-state index in [9.17, 15) is 14.9 Å². The van der Waals surface area contributed by atoms with E-state index in [-0.39, 0.29) is 11.6 Å². The van der Waals surface area contributed by atoms with Gasteiger partial charge in [0, 0.05) is 38.2 Å². The SMILES string of the molecule is Cc1cc([N+](=O)[O-])cc(Cl)c1NCc1ccc(CN2CCCC2=O)cc1. The number of likely N-dealkylation sites (tertiary alicyclic amines) is 1. The number of nitrogens with one attached hydrogen (secondary N) is 1. The summed E-state index contributed by atoms with van der Waals surface area (Å²) in [6, 6.07) is 10.9. The summed E-state index contributed by atoms with van der Waals surface area (Å²) in [4.78, 5) is 24.0. The highest BCUT2D eigenvalue weighted by atomic mass is 35.5. The number of halogens is 1. The lowest BCUT2D eigenvalue weighted by Crippen LogP contribution is -2.23. The van der Waals surface area contributed by atoms with Gasteiger partial charge in [0.05, 0.1) is 15.6 Å². The van der Waals surface area contributed by atoms with Crippen LogP contribution in [-0.2, 0) is 17.9 Å². The molecule has 1 amide bonds. The van der Waals surface area contributed by atoms with Gasteiger partial charge in [-0.15, -0.1) is 0 Å². The van der Waals surface area contributed by atoms with Gasteiger partial charge in [0.1, 0.15) is 0 Å². The number of carbonyl (C=O) groups is 1. The van der Waals surface area contributed by atoms with Gasteiger partial charge in [-0.3, -0.25) is 14.9 Å². The second kappa shape index (κ2) is 7.74. The Hall–Kier alpha value is -2.60. The minimum absolute atomic E-state index is 0.0149. The first-order valence-electron chi connectivity index (χ1n) is 8.48. The van der Waals surface area contributed by atoms with Crippen LogP contribution in [0.3, 0.4) is 0 Å². The molecule has 0 saturated carbocycles. The maximum absolute atomic E-state index is 11.7. The van der Waals surface area contributed by atoms with Crippen LogP contribution in [0, 0.1) is 17.0 Å². The third-order valence-electron chi connectivity index (χ3n) is 4.52. The molecule has 6 nitrogen and oxygen atoms in total. The first-order valence-corrected chi connectivity index (χ1v) is 8.86. The van der Waals surface area contributed by atoms with Crippen molar-refractivity contribution in [3.8, 4) is 0 Å². The highest BCUT2D eigenvalue weighted by Crippen LogP contribution is 2.31. The first kappa shape index (κ1) is 18.2. The molecule has 0 radical (unpaired) electrons. The van der Waals surface area contributed by atoms with Crippen molar-refractivity contribution < 1.29 is 9.72 Å². The normalized spacial score (nSPS) is 13.9. The highest BCUT2D eigenvalue weighted by molar-refractivity contribution is 6.33. The Balaban J connectivity index is 1.63. The quantitative estimate of drug-likeness (QED) is 0.605.